The molecule has 3 rings (SSSR count). The van der Waals surface area contributed by atoms with E-state index in [-0.39, 0.29) is 12.2 Å². The zero-order valence-electron chi connectivity index (χ0n) is 17.8. The Kier molecular flexibility index (Phi) is 8.37. The highest BCUT2D eigenvalue weighted by Crippen LogP contribution is 2.30. The number of carbonyl (C=O) groups is 2. The summed E-state index contributed by atoms with van der Waals surface area (Å²) in [7, 11) is 0. The van der Waals surface area contributed by atoms with E-state index in [2.05, 4.69) is 0 Å². The minimum atomic E-state index is -0.961. The predicted octanol–water partition coefficient (Wildman–Crippen LogP) is 3.89. The molecule has 0 bridgehead atoms. The van der Waals surface area contributed by atoms with Crippen molar-refractivity contribution < 1.29 is 28.9 Å². The minimum Gasteiger partial charge on any atom is -0.492 e. The first kappa shape index (κ1) is 22.4. The quantitative estimate of drug-likeness (QED) is 0.553. The summed E-state index contributed by atoms with van der Waals surface area (Å²) in [6.07, 6.45) is 5.88. The third-order valence-electron chi connectivity index (χ3n) is 5.62. The molecule has 2 saturated carbocycles. The van der Waals surface area contributed by atoms with Crippen molar-refractivity contribution in [3.8, 4) is 5.75 Å². The molecule has 1 N–H and O–H groups in total. The molecular formula is C23H33NO6. The number of nitrogens with zero attached hydrogens (tertiary/aromatic N) is 1. The molecule has 30 heavy (non-hydrogen) atoms. The molecule has 2 aliphatic rings. The zero-order valence-corrected chi connectivity index (χ0v) is 17.8. The van der Waals surface area contributed by atoms with E-state index in [0.29, 0.717) is 37.8 Å². The van der Waals surface area contributed by atoms with Gasteiger partial charge in [0, 0.05) is 19.6 Å². The second kappa shape index (κ2) is 11.2. The van der Waals surface area contributed by atoms with Gasteiger partial charge >= 0.3 is 12.1 Å². The summed E-state index contributed by atoms with van der Waals surface area (Å²) in [4.78, 5) is 25.5. The lowest BCUT2D eigenvalue weighted by molar-refractivity contribution is -0.149. The molecule has 2 aliphatic carbocycles. The molecule has 0 saturated heterocycles. The molecule has 0 spiro atoms. The summed E-state index contributed by atoms with van der Waals surface area (Å²) in [6, 6.07) is 7.34. The number of carboxylic acids is 1. The summed E-state index contributed by atoms with van der Waals surface area (Å²) < 4.78 is 16.7. The highest BCUT2D eigenvalue weighted by molar-refractivity contribution is 5.72. The molecule has 0 heterocycles. The van der Waals surface area contributed by atoms with Crippen LogP contribution in [0.2, 0.25) is 0 Å². The molecule has 1 unspecified atom stereocenters. The third kappa shape index (κ3) is 7.20. The number of rotatable bonds is 12. The van der Waals surface area contributed by atoms with Crippen LogP contribution in [0.1, 0.15) is 51.0 Å². The third-order valence-corrected chi connectivity index (χ3v) is 5.62. The van der Waals surface area contributed by atoms with E-state index in [1.54, 1.807) is 11.8 Å². The Labute approximate surface area is 178 Å². The molecule has 0 aliphatic heterocycles. The van der Waals surface area contributed by atoms with Crippen molar-refractivity contribution in [2.45, 2.75) is 64.1 Å². The second-order valence-corrected chi connectivity index (χ2v) is 8.16. The van der Waals surface area contributed by atoms with Crippen LogP contribution in [0.5, 0.6) is 5.75 Å². The van der Waals surface area contributed by atoms with E-state index in [4.69, 9.17) is 14.2 Å². The van der Waals surface area contributed by atoms with Gasteiger partial charge in [0.15, 0.2) is 6.10 Å². The van der Waals surface area contributed by atoms with E-state index < -0.39 is 12.1 Å². The van der Waals surface area contributed by atoms with Gasteiger partial charge in [-0.25, -0.2) is 9.59 Å². The van der Waals surface area contributed by atoms with Crippen LogP contribution in [0.25, 0.3) is 0 Å². The fraction of sp³-hybridized carbons (Fsp3) is 0.652. The molecule has 1 aromatic carbocycles. The second-order valence-electron chi connectivity index (χ2n) is 8.16. The number of aliphatic carboxylic acids is 1. The Morgan fingerprint density at radius 3 is 2.43 bits per heavy atom. The van der Waals surface area contributed by atoms with E-state index in [1.807, 2.05) is 24.3 Å². The average Bonchev–Trinajstić information content (AvgIpc) is 3.41. The SMILES string of the molecule is CCOC(Cc1ccc(OCCN(CC2CC2)C(=O)OC2CCCC2)cc1)C(=O)O. The maximum Gasteiger partial charge on any atom is 0.410 e. The topological polar surface area (TPSA) is 85.3 Å². The Morgan fingerprint density at radius 1 is 1.13 bits per heavy atom. The van der Waals surface area contributed by atoms with Crippen molar-refractivity contribution in [1.82, 2.24) is 4.90 Å². The van der Waals surface area contributed by atoms with Crippen LogP contribution in [0.15, 0.2) is 24.3 Å². The summed E-state index contributed by atoms with van der Waals surface area (Å²) in [5.41, 5.74) is 0.874. The van der Waals surface area contributed by atoms with Gasteiger partial charge in [-0.2, -0.15) is 0 Å². The number of hydrogen-bond donors (Lipinski definition) is 1. The Balaban J connectivity index is 1.45. The zero-order chi connectivity index (χ0) is 21.3. The van der Waals surface area contributed by atoms with Gasteiger partial charge in [-0.1, -0.05) is 12.1 Å². The number of benzene rings is 1. The van der Waals surface area contributed by atoms with E-state index >= 15 is 0 Å². The lowest BCUT2D eigenvalue weighted by Crippen LogP contribution is -2.38. The maximum absolute atomic E-state index is 12.5. The van der Waals surface area contributed by atoms with Crippen LogP contribution in [0.3, 0.4) is 0 Å². The van der Waals surface area contributed by atoms with Gasteiger partial charge < -0.3 is 24.2 Å². The number of ether oxygens (including phenoxy) is 3. The Hall–Kier alpha value is -2.28. The largest absolute Gasteiger partial charge is 0.492 e. The van der Waals surface area contributed by atoms with Gasteiger partial charge in [0.25, 0.3) is 0 Å². The number of amides is 1. The van der Waals surface area contributed by atoms with E-state index in [1.165, 1.54) is 12.8 Å². The first-order chi connectivity index (χ1) is 14.5. The van der Waals surface area contributed by atoms with Crippen LogP contribution in [0, 0.1) is 5.92 Å². The lowest BCUT2D eigenvalue weighted by atomic mass is 10.1. The highest BCUT2D eigenvalue weighted by Gasteiger charge is 2.29. The smallest absolute Gasteiger partial charge is 0.410 e. The number of carboxylic acid groups (broad SMARTS) is 1. The van der Waals surface area contributed by atoms with Crippen molar-refractivity contribution in [3.05, 3.63) is 29.8 Å². The number of carbonyl (C=O) groups excluding carboxylic acids is 1. The van der Waals surface area contributed by atoms with Gasteiger partial charge in [0.05, 0.1) is 6.54 Å². The first-order valence-corrected chi connectivity index (χ1v) is 11.1. The van der Waals surface area contributed by atoms with Crippen LogP contribution in [-0.2, 0) is 20.7 Å². The molecule has 1 amide bonds. The van der Waals surface area contributed by atoms with Crippen molar-refractivity contribution in [1.29, 1.82) is 0 Å². The maximum atomic E-state index is 12.5. The van der Waals surface area contributed by atoms with Gasteiger partial charge in [-0.15, -0.1) is 0 Å². The standard InChI is InChI=1S/C23H33NO6/c1-2-28-21(22(25)26)15-17-9-11-19(12-10-17)29-14-13-24(16-18-7-8-18)23(27)30-20-5-3-4-6-20/h9-12,18,20-21H,2-8,13-16H2,1H3,(H,25,26). The minimum absolute atomic E-state index is 0.0685. The summed E-state index contributed by atoms with van der Waals surface area (Å²) in [6.45, 7) is 3.77. The summed E-state index contributed by atoms with van der Waals surface area (Å²) in [5, 5.41) is 9.20. The fourth-order valence-electron chi connectivity index (χ4n) is 3.72. The lowest BCUT2D eigenvalue weighted by Gasteiger charge is -2.24. The van der Waals surface area contributed by atoms with Crippen LogP contribution >= 0.6 is 0 Å². The molecule has 1 aromatic rings. The molecule has 0 radical (unpaired) electrons. The van der Waals surface area contributed by atoms with Crippen LogP contribution in [-0.4, -0.2) is 60.6 Å². The summed E-state index contributed by atoms with van der Waals surface area (Å²) >= 11 is 0. The van der Waals surface area contributed by atoms with Gasteiger partial charge in [0.1, 0.15) is 18.5 Å². The average molecular weight is 420 g/mol. The molecule has 1 atom stereocenters. The van der Waals surface area contributed by atoms with Crippen molar-refractivity contribution in [2.75, 3.05) is 26.3 Å². The first-order valence-electron chi connectivity index (χ1n) is 11.1. The van der Waals surface area contributed by atoms with Crippen molar-refractivity contribution in [2.24, 2.45) is 5.92 Å². The molecular weight excluding hydrogens is 386 g/mol. The normalized spacial score (nSPS) is 17.5. The molecule has 7 nitrogen and oxygen atoms in total. The molecule has 166 valence electrons. The fourth-order valence-corrected chi connectivity index (χ4v) is 3.72. The molecule has 2 fully saturated rings. The van der Waals surface area contributed by atoms with E-state index in [9.17, 15) is 14.7 Å². The van der Waals surface area contributed by atoms with Gasteiger partial charge in [-0.05, 0) is 69.1 Å². The van der Waals surface area contributed by atoms with Crippen molar-refractivity contribution >= 4 is 12.1 Å². The predicted molar refractivity (Wildman–Crippen MR) is 112 cm³/mol. The van der Waals surface area contributed by atoms with Gasteiger partial charge in [0.2, 0.25) is 0 Å². The van der Waals surface area contributed by atoms with Crippen LogP contribution < -0.4 is 4.74 Å². The molecule has 7 heteroatoms. The van der Waals surface area contributed by atoms with E-state index in [0.717, 1.165) is 37.8 Å². The highest BCUT2D eigenvalue weighted by atomic mass is 16.6. The summed E-state index contributed by atoms with van der Waals surface area (Å²) in [5.74, 6) is 0.322. The van der Waals surface area contributed by atoms with Crippen LogP contribution in [0.4, 0.5) is 4.79 Å². The molecule has 0 aromatic heterocycles. The Bertz CT molecular complexity index is 681. The van der Waals surface area contributed by atoms with Gasteiger partial charge in [-0.3, -0.25) is 0 Å². The number of hydrogen-bond acceptors (Lipinski definition) is 5. The van der Waals surface area contributed by atoms with Crippen molar-refractivity contribution in [3.63, 3.8) is 0 Å². The monoisotopic (exact) mass is 419 g/mol. The Morgan fingerprint density at radius 2 is 1.83 bits per heavy atom.